The Morgan fingerprint density at radius 2 is 2.07 bits per heavy atom. The van der Waals surface area contributed by atoms with E-state index in [1.54, 1.807) is 6.33 Å². The normalized spacial score (nSPS) is 19.9. The summed E-state index contributed by atoms with van der Waals surface area (Å²) in [5.41, 5.74) is 8.26. The molecule has 3 nitrogen and oxygen atoms in total. The molecule has 2 N–H and O–H groups in total. The Labute approximate surface area is 84.8 Å². The quantitative estimate of drug-likeness (QED) is 0.775. The van der Waals surface area contributed by atoms with Crippen LogP contribution in [0, 0.1) is 0 Å². The highest BCUT2D eigenvalue weighted by Gasteiger charge is 2.32. The van der Waals surface area contributed by atoms with Crippen LogP contribution >= 0.6 is 0 Å². The van der Waals surface area contributed by atoms with Gasteiger partial charge in [-0.1, -0.05) is 19.8 Å². The van der Waals surface area contributed by atoms with Crippen molar-refractivity contribution >= 4 is 0 Å². The summed E-state index contributed by atoms with van der Waals surface area (Å²) >= 11 is 0. The topological polar surface area (TPSA) is 51.8 Å². The smallest absolute Gasteiger partial charge is 0.116 e. The molecule has 1 aromatic heterocycles. The Morgan fingerprint density at radius 3 is 2.71 bits per heavy atom. The second-order valence-electron chi connectivity index (χ2n) is 4.11. The Hall–Kier alpha value is -0.960. The molecule has 1 aliphatic carbocycles. The average Bonchev–Trinajstić information content (AvgIpc) is 2.67. The molecule has 0 radical (unpaired) electrons. The third-order valence-electron chi connectivity index (χ3n) is 3.09. The minimum Gasteiger partial charge on any atom is -0.320 e. The highest BCUT2D eigenvalue weighted by Crippen LogP contribution is 2.35. The van der Waals surface area contributed by atoms with Gasteiger partial charge in [0.15, 0.2) is 0 Å². The van der Waals surface area contributed by atoms with Crippen molar-refractivity contribution in [1.82, 2.24) is 9.97 Å². The van der Waals surface area contributed by atoms with E-state index in [1.165, 1.54) is 12.8 Å². The average molecular weight is 191 g/mol. The van der Waals surface area contributed by atoms with Crippen LogP contribution in [0.5, 0.6) is 0 Å². The molecule has 1 heterocycles. The van der Waals surface area contributed by atoms with E-state index in [0.29, 0.717) is 0 Å². The number of rotatable bonds is 2. The van der Waals surface area contributed by atoms with Crippen molar-refractivity contribution in [2.75, 3.05) is 0 Å². The van der Waals surface area contributed by atoms with Crippen LogP contribution in [0.25, 0.3) is 0 Å². The van der Waals surface area contributed by atoms with Crippen molar-refractivity contribution < 1.29 is 0 Å². The molecule has 0 atom stereocenters. The molecule has 0 saturated heterocycles. The fraction of sp³-hybridized carbons (Fsp3) is 0.636. The standard InChI is InChI=1S/C11H17N3/c1-2-9-7-10(14-8-13-9)11(12)5-3-4-6-11/h7-8H,2-6,12H2,1H3. The summed E-state index contributed by atoms with van der Waals surface area (Å²) in [7, 11) is 0. The first-order valence-corrected chi connectivity index (χ1v) is 5.35. The number of aryl methyl sites for hydroxylation is 1. The molecule has 0 bridgehead atoms. The summed E-state index contributed by atoms with van der Waals surface area (Å²) in [4.78, 5) is 8.50. The van der Waals surface area contributed by atoms with Crippen molar-refractivity contribution in [2.24, 2.45) is 5.73 Å². The van der Waals surface area contributed by atoms with E-state index < -0.39 is 0 Å². The van der Waals surface area contributed by atoms with Gasteiger partial charge in [-0.3, -0.25) is 0 Å². The van der Waals surface area contributed by atoms with Crippen LogP contribution in [0.1, 0.15) is 44.0 Å². The van der Waals surface area contributed by atoms with Gasteiger partial charge in [0.1, 0.15) is 6.33 Å². The molecular formula is C11H17N3. The Bertz CT molecular complexity index is 316. The fourth-order valence-corrected chi connectivity index (χ4v) is 2.13. The van der Waals surface area contributed by atoms with Gasteiger partial charge in [-0.15, -0.1) is 0 Å². The molecule has 0 spiro atoms. The van der Waals surface area contributed by atoms with E-state index in [4.69, 9.17) is 5.73 Å². The van der Waals surface area contributed by atoms with Gasteiger partial charge < -0.3 is 5.73 Å². The number of hydrogen-bond donors (Lipinski definition) is 1. The first-order valence-electron chi connectivity index (χ1n) is 5.35. The molecule has 1 fully saturated rings. The van der Waals surface area contributed by atoms with Crippen LogP contribution in [-0.4, -0.2) is 9.97 Å². The van der Waals surface area contributed by atoms with Gasteiger partial charge in [0.2, 0.25) is 0 Å². The molecule has 0 unspecified atom stereocenters. The number of aromatic nitrogens is 2. The third kappa shape index (κ3) is 1.64. The molecule has 1 aliphatic rings. The summed E-state index contributed by atoms with van der Waals surface area (Å²) in [5, 5.41) is 0. The number of nitrogens with zero attached hydrogens (tertiary/aromatic N) is 2. The highest BCUT2D eigenvalue weighted by atomic mass is 14.9. The Kier molecular flexibility index (Phi) is 2.50. The molecule has 14 heavy (non-hydrogen) atoms. The molecule has 0 aromatic carbocycles. The van der Waals surface area contributed by atoms with Crippen molar-refractivity contribution in [1.29, 1.82) is 0 Å². The van der Waals surface area contributed by atoms with Gasteiger partial charge in [-0.2, -0.15) is 0 Å². The minimum atomic E-state index is -0.174. The molecule has 1 aromatic rings. The molecule has 2 rings (SSSR count). The predicted octanol–water partition coefficient (Wildman–Crippen LogP) is 1.77. The van der Waals surface area contributed by atoms with E-state index in [9.17, 15) is 0 Å². The van der Waals surface area contributed by atoms with Crippen molar-refractivity contribution in [3.8, 4) is 0 Å². The number of hydrogen-bond acceptors (Lipinski definition) is 3. The lowest BCUT2D eigenvalue weighted by atomic mass is 9.94. The van der Waals surface area contributed by atoms with Gasteiger partial charge in [0.25, 0.3) is 0 Å². The largest absolute Gasteiger partial charge is 0.320 e. The first kappa shape index (κ1) is 9.59. The van der Waals surface area contributed by atoms with Crippen LogP contribution in [-0.2, 0) is 12.0 Å². The van der Waals surface area contributed by atoms with E-state index >= 15 is 0 Å². The van der Waals surface area contributed by atoms with Gasteiger partial charge >= 0.3 is 0 Å². The summed E-state index contributed by atoms with van der Waals surface area (Å²) in [6.07, 6.45) is 7.16. The third-order valence-corrected chi connectivity index (χ3v) is 3.09. The van der Waals surface area contributed by atoms with Gasteiger partial charge in [-0.25, -0.2) is 9.97 Å². The summed E-state index contributed by atoms with van der Waals surface area (Å²) < 4.78 is 0. The molecule has 1 saturated carbocycles. The second-order valence-corrected chi connectivity index (χ2v) is 4.11. The maximum absolute atomic E-state index is 6.31. The minimum absolute atomic E-state index is 0.174. The zero-order valence-corrected chi connectivity index (χ0v) is 8.66. The Morgan fingerprint density at radius 1 is 1.36 bits per heavy atom. The zero-order valence-electron chi connectivity index (χ0n) is 8.66. The van der Waals surface area contributed by atoms with Gasteiger partial charge in [0, 0.05) is 5.69 Å². The van der Waals surface area contributed by atoms with E-state index in [1.807, 2.05) is 0 Å². The van der Waals surface area contributed by atoms with Crippen LogP contribution < -0.4 is 5.73 Å². The Balaban J connectivity index is 2.30. The van der Waals surface area contributed by atoms with Crippen LogP contribution in [0.2, 0.25) is 0 Å². The lowest BCUT2D eigenvalue weighted by Crippen LogP contribution is -2.34. The highest BCUT2D eigenvalue weighted by molar-refractivity contribution is 5.18. The van der Waals surface area contributed by atoms with Gasteiger partial charge in [0.05, 0.1) is 11.2 Å². The summed E-state index contributed by atoms with van der Waals surface area (Å²) in [5.74, 6) is 0. The van der Waals surface area contributed by atoms with E-state index in [2.05, 4.69) is 23.0 Å². The molecule has 0 amide bonds. The second kappa shape index (κ2) is 3.65. The molecular weight excluding hydrogens is 174 g/mol. The number of nitrogens with two attached hydrogens (primary N) is 1. The monoisotopic (exact) mass is 191 g/mol. The lowest BCUT2D eigenvalue weighted by molar-refractivity contribution is 0.445. The lowest BCUT2D eigenvalue weighted by Gasteiger charge is -2.22. The predicted molar refractivity (Wildman–Crippen MR) is 55.7 cm³/mol. The zero-order chi connectivity index (χ0) is 10.0. The molecule has 3 heteroatoms. The molecule has 76 valence electrons. The van der Waals surface area contributed by atoms with Crippen LogP contribution in [0.4, 0.5) is 0 Å². The summed E-state index contributed by atoms with van der Waals surface area (Å²) in [6.45, 7) is 2.10. The van der Waals surface area contributed by atoms with Crippen molar-refractivity contribution in [3.05, 3.63) is 23.8 Å². The first-order chi connectivity index (χ1) is 6.74. The van der Waals surface area contributed by atoms with Crippen LogP contribution in [0.3, 0.4) is 0 Å². The SMILES string of the molecule is CCc1cc(C2(N)CCCC2)ncn1. The fourth-order valence-electron chi connectivity index (χ4n) is 2.13. The van der Waals surface area contributed by atoms with Crippen molar-refractivity contribution in [2.45, 2.75) is 44.6 Å². The maximum Gasteiger partial charge on any atom is 0.116 e. The van der Waals surface area contributed by atoms with Crippen molar-refractivity contribution in [3.63, 3.8) is 0 Å². The van der Waals surface area contributed by atoms with Crippen LogP contribution in [0.15, 0.2) is 12.4 Å². The summed E-state index contributed by atoms with van der Waals surface area (Å²) in [6, 6.07) is 2.06. The van der Waals surface area contributed by atoms with E-state index in [0.717, 1.165) is 30.7 Å². The van der Waals surface area contributed by atoms with Gasteiger partial charge in [-0.05, 0) is 25.3 Å². The van der Waals surface area contributed by atoms with E-state index in [-0.39, 0.29) is 5.54 Å². The molecule has 0 aliphatic heterocycles. The maximum atomic E-state index is 6.31.